The van der Waals surface area contributed by atoms with Gasteiger partial charge in [-0.1, -0.05) is 21.1 Å². The topological polar surface area (TPSA) is 96.5 Å². The second-order valence-corrected chi connectivity index (χ2v) is 4.53. The van der Waals surface area contributed by atoms with Crippen LogP contribution < -0.4 is 10.5 Å². The van der Waals surface area contributed by atoms with E-state index in [0.717, 1.165) is 10.2 Å². The quantitative estimate of drug-likeness (QED) is 0.351. The lowest BCUT2D eigenvalue weighted by molar-refractivity contribution is 0.318. The predicted molar refractivity (Wildman–Crippen MR) is 70.1 cm³/mol. The van der Waals surface area contributed by atoms with Crippen LogP contribution in [0.2, 0.25) is 0 Å². The minimum Gasteiger partial charge on any atom is -0.437 e. The molecule has 0 aliphatic rings. The second kappa shape index (κ2) is 5.09. The van der Waals surface area contributed by atoms with Crippen molar-refractivity contribution in [2.75, 3.05) is 0 Å². The summed E-state index contributed by atoms with van der Waals surface area (Å²) >= 11 is 3.31. The standard InChI is InChI=1S/C11H11BrN4O2/c1-6-4-10(15-14-6)18-9-3-2-7(12)5-8(9)11(13)16-17/h2-5,17H,1H3,(H2,13,16)(H,14,15). The largest absolute Gasteiger partial charge is 0.437 e. The van der Waals surface area contributed by atoms with Crippen LogP contribution in [-0.2, 0) is 0 Å². The third-order valence-electron chi connectivity index (χ3n) is 2.22. The average Bonchev–Trinajstić information content (AvgIpc) is 2.76. The number of aryl methyl sites for hydroxylation is 1. The van der Waals surface area contributed by atoms with Crippen molar-refractivity contribution >= 4 is 21.8 Å². The number of ether oxygens (including phenoxy) is 1. The van der Waals surface area contributed by atoms with Crippen LogP contribution in [0.3, 0.4) is 0 Å². The molecule has 1 aromatic carbocycles. The van der Waals surface area contributed by atoms with E-state index in [-0.39, 0.29) is 5.84 Å². The normalized spacial score (nSPS) is 11.6. The van der Waals surface area contributed by atoms with Gasteiger partial charge in [-0.2, -0.15) is 0 Å². The molecule has 0 aliphatic heterocycles. The van der Waals surface area contributed by atoms with Gasteiger partial charge >= 0.3 is 0 Å². The Kier molecular flexibility index (Phi) is 3.52. The van der Waals surface area contributed by atoms with E-state index in [1.807, 2.05) is 6.92 Å². The van der Waals surface area contributed by atoms with Crippen molar-refractivity contribution in [2.45, 2.75) is 6.92 Å². The lowest BCUT2D eigenvalue weighted by Gasteiger charge is -2.08. The summed E-state index contributed by atoms with van der Waals surface area (Å²) in [5, 5.41) is 18.4. The van der Waals surface area contributed by atoms with Gasteiger partial charge in [0.25, 0.3) is 0 Å². The van der Waals surface area contributed by atoms with Crippen molar-refractivity contribution in [3.8, 4) is 11.6 Å². The highest BCUT2D eigenvalue weighted by Gasteiger charge is 2.11. The summed E-state index contributed by atoms with van der Waals surface area (Å²) in [6.07, 6.45) is 0. The number of H-pyrrole nitrogens is 1. The van der Waals surface area contributed by atoms with Gasteiger partial charge in [-0.15, -0.1) is 5.10 Å². The van der Waals surface area contributed by atoms with Gasteiger partial charge in [0.2, 0.25) is 5.88 Å². The molecule has 94 valence electrons. The van der Waals surface area contributed by atoms with Gasteiger partial charge in [0.1, 0.15) is 5.75 Å². The molecule has 0 radical (unpaired) electrons. The van der Waals surface area contributed by atoms with E-state index in [1.165, 1.54) is 0 Å². The molecule has 0 amide bonds. The van der Waals surface area contributed by atoms with Crippen LogP contribution in [0.15, 0.2) is 33.9 Å². The Bertz CT molecular complexity index is 594. The zero-order valence-corrected chi connectivity index (χ0v) is 11.1. The van der Waals surface area contributed by atoms with E-state index < -0.39 is 0 Å². The molecule has 0 unspecified atom stereocenters. The predicted octanol–water partition coefficient (Wildman–Crippen LogP) is 2.37. The molecular weight excluding hydrogens is 300 g/mol. The lowest BCUT2D eigenvalue weighted by Crippen LogP contribution is -2.14. The van der Waals surface area contributed by atoms with Crippen LogP contribution in [0.4, 0.5) is 0 Å². The molecule has 0 fully saturated rings. The first kappa shape index (κ1) is 12.4. The van der Waals surface area contributed by atoms with Crippen LogP contribution >= 0.6 is 15.9 Å². The van der Waals surface area contributed by atoms with Crippen molar-refractivity contribution in [1.82, 2.24) is 10.2 Å². The van der Waals surface area contributed by atoms with Crippen molar-refractivity contribution in [3.05, 3.63) is 40.0 Å². The molecule has 6 nitrogen and oxygen atoms in total. The van der Waals surface area contributed by atoms with Gasteiger partial charge in [0, 0.05) is 16.2 Å². The highest BCUT2D eigenvalue weighted by Crippen LogP contribution is 2.27. The molecule has 7 heteroatoms. The number of nitrogens with two attached hydrogens (primary N) is 1. The third kappa shape index (κ3) is 2.62. The molecule has 1 heterocycles. The number of benzene rings is 1. The Labute approximate surface area is 112 Å². The van der Waals surface area contributed by atoms with E-state index in [4.69, 9.17) is 15.7 Å². The minimum atomic E-state index is -0.0291. The summed E-state index contributed by atoms with van der Waals surface area (Å²) in [6, 6.07) is 6.95. The number of amidine groups is 1. The zero-order valence-electron chi connectivity index (χ0n) is 9.51. The number of aromatic nitrogens is 2. The maximum atomic E-state index is 8.74. The fourth-order valence-electron chi connectivity index (χ4n) is 1.40. The number of oxime groups is 1. The molecule has 0 saturated carbocycles. The fraction of sp³-hybridized carbons (Fsp3) is 0.0909. The van der Waals surface area contributed by atoms with Crippen LogP contribution in [0.25, 0.3) is 0 Å². The number of nitrogens with zero attached hydrogens (tertiary/aromatic N) is 2. The van der Waals surface area contributed by atoms with Gasteiger partial charge in [-0.05, 0) is 25.1 Å². The SMILES string of the molecule is Cc1cc(Oc2ccc(Br)cc2/C(N)=N/O)n[nH]1. The summed E-state index contributed by atoms with van der Waals surface area (Å²) in [5.74, 6) is 0.848. The average molecular weight is 311 g/mol. The number of hydrogen-bond donors (Lipinski definition) is 3. The Balaban J connectivity index is 2.38. The molecule has 1 aromatic heterocycles. The molecular formula is C11H11BrN4O2. The molecule has 0 aliphatic carbocycles. The van der Waals surface area contributed by atoms with Crippen molar-refractivity contribution < 1.29 is 9.94 Å². The monoisotopic (exact) mass is 310 g/mol. The van der Waals surface area contributed by atoms with Crippen LogP contribution in [0, 0.1) is 6.92 Å². The molecule has 18 heavy (non-hydrogen) atoms. The molecule has 4 N–H and O–H groups in total. The Morgan fingerprint density at radius 1 is 1.50 bits per heavy atom. The van der Waals surface area contributed by atoms with Crippen molar-refractivity contribution in [2.24, 2.45) is 10.9 Å². The number of nitrogens with one attached hydrogen (secondary N) is 1. The third-order valence-corrected chi connectivity index (χ3v) is 2.72. The Morgan fingerprint density at radius 3 is 2.89 bits per heavy atom. The van der Waals surface area contributed by atoms with E-state index in [2.05, 4.69) is 31.3 Å². The molecule has 2 aromatic rings. The van der Waals surface area contributed by atoms with Gasteiger partial charge in [0.05, 0.1) is 5.56 Å². The molecule has 0 saturated heterocycles. The Hall–Kier alpha value is -2.02. The highest BCUT2D eigenvalue weighted by atomic mass is 79.9. The van der Waals surface area contributed by atoms with Crippen molar-refractivity contribution in [1.29, 1.82) is 0 Å². The summed E-state index contributed by atoms with van der Waals surface area (Å²) in [6.45, 7) is 1.87. The molecule has 0 atom stereocenters. The van der Waals surface area contributed by atoms with Crippen molar-refractivity contribution in [3.63, 3.8) is 0 Å². The first-order valence-electron chi connectivity index (χ1n) is 5.07. The Morgan fingerprint density at radius 2 is 2.28 bits per heavy atom. The minimum absolute atomic E-state index is 0.0291. The summed E-state index contributed by atoms with van der Waals surface area (Å²) in [4.78, 5) is 0. The van der Waals surface area contributed by atoms with Gasteiger partial charge in [-0.25, -0.2) is 0 Å². The van der Waals surface area contributed by atoms with E-state index in [0.29, 0.717) is 17.2 Å². The first-order valence-corrected chi connectivity index (χ1v) is 5.87. The van der Waals surface area contributed by atoms with E-state index in [1.54, 1.807) is 24.3 Å². The number of halogens is 1. The van der Waals surface area contributed by atoms with Gasteiger partial charge in [0.15, 0.2) is 5.84 Å². The lowest BCUT2D eigenvalue weighted by atomic mass is 10.2. The highest BCUT2D eigenvalue weighted by molar-refractivity contribution is 9.10. The van der Waals surface area contributed by atoms with Crippen LogP contribution in [0.5, 0.6) is 11.6 Å². The molecule has 2 rings (SSSR count). The maximum Gasteiger partial charge on any atom is 0.238 e. The van der Waals surface area contributed by atoms with E-state index >= 15 is 0 Å². The van der Waals surface area contributed by atoms with E-state index in [9.17, 15) is 0 Å². The zero-order chi connectivity index (χ0) is 13.1. The number of rotatable bonds is 3. The number of hydrogen-bond acceptors (Lipinski definition) is 4. The van der Waals surface area contributed by atoms with Crippen LogP contribution in [0.1, 0.15) is 11.3 Å². The molecule has 0 spiro atoms. The number of aromatic amines is 1. The van der Waals surface area contributed by atoms with Gasteiger partial charge < -0.3 is 15.7 Å². The summed E-state index contributed by atoms with van der Waals surface area (Å²) in [5.41, 5.74) is 6.95. The molecule has 0 bridgehead atoms. The maximum absolute atomic E-state index is 8.74. The summed E-state index contributed by atoms with van der Waals surface area (Å²) in [7, 11) is 0. The van der Waals surface area contributed by atoms with Gasteiger partial charge in [-0.3, -0.25) is 5.10 Å². The first-order chi connectivity index (χ1) is 8.60. The fourth-order valence-corrected chi connectivity index (χ4v) is 1.76. The second-order valence-electron chi connectivity index (χ2n) is 3.62. The smallest absolute Gasteiger partial charge is 0.238 e. The van der Waals surface area contributed by atoms with Crippen LogP contribution in [-0.4, -0.2) is 21.2 Å². The summed E-state index contributed by atoms with van der Waals surface area (Å²) < 4.78 is 6.37.